The van der Waals surface area contributed by atoms with Gasteiger partial charge in [0.25, 0.3) is 5.91 Å². The molecule has 3 aliphatic rings. The molecule has 126 valence electrons. The van der Waals surface area contributed by atoms with Crippen LogP contribution >= 0.6 is 0 Å². The molecule has 0 spiro atoms. The zero-order chi connectivity index (χ0) is 16.8. The summed E-state index contributed by atoms with van der Waals surface area (Å²) < 4.78 is 11.2. The zero-order valence-electron chi connectivity index (χ0n) is 12.8. The van der Waals surface area contributed by atoms with Gasteiger partial charge in [0.15, 0.2) is 17.6 Å². The van der Waals surface area contributed by atoms with E-state index in [4.69, 9.17) is 9.47 Å². The van der Waals surface area contributed by atoms with Gasteiger partial charge in [0.2, 0.25) is 11.8 Å². The number of hydrogen-bond acceptors (Lipinski definition) is 6. The second-order valence-electron chi connectivity index (χ2n) is 6.09. The first kappa shape index (κ1) is 14.9. The number of ether oxygens (including phenoxy) is 2. The summed E-state index contributed by atoms with van der Waals surface area (Å²) in [5.74, 6) is -0.0800. The molecule has 2 unspecified atom stereocenters. The van der Waals surface area contributed by atoms with Gasteiger partial charge in [-0.05, 0) is 24.1 Å². The van der Waals surface area contributed by atoms with Crippen LogP contribution in [0.15, 0.2) is 12.1 Å². The Morgan fingerprint density at radius 1 is 1.25 bits per heavy atom. The Balaban J connectivity index is 1.61. The molecule has 0 radical (unpaired) electrons. The highest BCUT2D eigenvalue weighted by molar-refractivity contribution is 6.05. The summed E-state index contributed by atoms with van der Waals surface area (Å²) >= 11 is 0. The number of imide groups is 1. The van der Waals surface area contributed by atoms with Crippen molar-refractivity contribution in [1.29, 1.82) is 0 Å². The van der Waals surface area contributed by atoms with Crippen LogP contribution in [-0.2, 0) is 16.1 Å². The normalized spacial score (nSPS) is 25.5. The molecule has 1 aromatic rings. The quantitative estimate of drug-likeness (QED) is 0.713. The third kappa shape index (κ3) is 2.30. The number of piperidine rings is 1. The Bertz CT molecular complexity index is 746. The predicted molar refractivity (Wildman–Crippen MR) is 79.5 cm³/mol. The fourth-order valence-electron chi connectivity index (χ4n) is 3.26. The summed E-state index contributed by atoms with van der Waals surface area (Å²) in [5.41, 5.74) is 1.22. The molecule has 3 heterocycles. The minimum atomic E-state index is -0.647. The van der Waals surface area contributed by atoms with Crippen molar-refractivity contribution in [2.24, 2.45) is 0 Å². The van der Waals surface area contributed by atoms with Crippen LogP contribution in [0.1, 0.15) is 28.8 Å². The smallest absolute Gasteiger partial charge is 0.255 e. The maximum absolute atomic E-state index is 12.7. The van der Waals surface area contributed by atoms with Gasteiger partial charge in [-0.3, -0.25) is 19.7 Å². The number of aliphatic hydroxyl groups is 1. The molecule has 3 amide bonds. The van der Waals surface area contributed by atoms with E-state index in [1.165, 1.54) is 4.90 Å². The van der Waals surface area contributed by atoms with Gasteiger partial charge >= 0.3 is 0 Å². The lowest BCUT2D eigenvalue weighted by atomic mass is 10.0. The second-order valence-corrected chi connectivity index (χ2v) is 6.09. The van der Waals surface area contributed by atoms with E-state index in [0.29, 0.717) is 30.0 Å². The van der Waals surface area contributed by atoms with Gasteiger partial charge in [-0.2, -0.15) is 0 Å². The number of carbonyl (C=O) groups is 3. The van der Waals surface area contributed by atoms with Crippen molar-refractivity contribution < 1.29 is 29.0 Å². The molecule has 1 aromatic carbocycles. The van der Waals surface area contributed by atoms with Crippen molar-refractivity contribution in [3.05, 3.63) is 23.3 Å². The Morgan fingerprint density at radius 2 is 2.08 bits per heavy atom. The highest BCUT2D eigenvalue weighted by atomic mass is 16.6. The Kier molecular flexibility index (Phi) is 3.42. The van der Waals surface area contributed by atoms with E-state index >= 15 is 0 Å². The second kappa shape index (κ2) is 5.48. The number of fused-ring (bicyclic) bond motifs is 2. The maximum atomic E-state index is 12.7. The monoisotopic (exact) mass is 332 g/mol. The highest BCUT2D eigenvalue weighted by Crippen LogP contribution is 2.38. The van der Waals surface area contributed by atoms with Crippen LogP contribution < -0.4 is 14.8 Å². The lowest BCUT2D eigenvalue weighted by molar-refractivity contribution is -0.136. The van der Waals surface area contributed by atoms with Gasteiger partial charge in [0.1, 0.15) is 12.6 Å². The standard InChI is InChI=1S/C16H16N2O6/c19-6-9-7-23-12-3-8-5-18(11-1-2-14(20)17-15(11)21)16(22)10(8)4-13(12)24-9/h3-4,9,11,19H,1-2,5-7H2,(H,17,20,21). The number of carbonyl (C=O) groups excluding carboxylic acids is 3. The van der Waals surface area contributed by atoms with E-state index in [9.17, 15) is 19.5 Å². The SMILES string of the molecule is O=C1CCC(N2Cc3cc4c(cc3C2=O)OC(CO)CO4)C(=O)N1. The van der Waals surface area contributed by atoms with Crippen LogP contribution in [0.5, 0.6) is 11.5 Å². The lowest BCUT2D eigenvalue weighted by Gasteiger charge is -2.29. The number of rotatable bonds is 2. The van der Waals surface area contributed by atoms with Gasteiger partial charge in [-0.1, -0.05) is 0 Å². The van der Waals surface area contributed by atoms with Crippen LogP contribution in [0.2, 0.25) is 0 Å². The molecule has 8 nitrogen and oxygen atoms in total. The molecule has 0 aromatic heterocycles. The molecule has 0 aliphatic carbocycles. The third-order valence-corrected chi connectivity index (χ3v) is 4.51. The van der Waals surface area contributed by atoms with E-state index < -0.39 is 18.1 Å². The number of nitrogens with zero attached hydrogens (tertiary/aromatic N) is 1. The van der Waals surface area contributed by atoms with Crippen LogP contribution in [-0.4, -0.2) is 53.1 Å². The summed E-state index contributed by atoms with van der Waals surface area (Å²) in [5, 5.41) is 11.4. The van der Waals surface area contributed by atoms with Crippen LogP contribution in [0.4, 0.5) is 0 Å². The van der Waals surface area contributed by atoms with E-state index in [2.05, 4.69) is 5.32 Å². The molecular formula is C16H16N2O6. The van der Waals surface area contributed by atoms with Crippen LogP contribution in [0.25, 0.3) is 0 Å². The minimum Gasteiger partial charge on any atom is -0.486 e. The minimum absolute atomic E-state index is 0.174. The van der Waals surface area contributed by atoms with Crippen molar-refractivity contribution in [3.8, 4) is 11.5 Å². The van der Waals surface area contributed by atoms with Crippen molar-refractivity contribution in [2.45, 2.75) is 31.5 Å². The van der Waals surface area contributed by atoms with Crippen LogP contribution in [0.3, 0.4) is 0 Å². The molecule has 3 aliphatic heterocycles. The summed E-state index contributed by atoms with van der Waals surface area (Å²) in [6.07, 6.45) is 0.0829. The van der Waals surface area contributed by atoms with Gasteiger partial charge in [0, 0.05) is 18.5 Å². The molecule has 2 N–H and O–H groups in total. The molecule has 1 fully saturated rings. The molecule has 1 saturated heterocycles. The summed E-state index contributed by atoms with van der Waals surface area (Å²) in [6.45, 7) is 0.362. The van der Waals surface area contributed by atoms with Crippen molar-refractivity contribution in [2.75, 3.05) is 13.2 Å². The topological polar surface area (TPSA) is 105 Å². The summed E-state index contributed by atoms with van der Waals surface area (Å²) in [4.78, 5) is 37.5. The van der Waals surface area contributed by atoms with E-state index in [0.717, 1.165) is 5.56 Å². The molecule has 8 heteroatoms. The molecule has 2 atom stereocenters. The number of nitrogens with one attached hydrogen (secondary N) is 1. The largest absolute Gasteiger partial charge is 0.486 e. The number of hydrogen-bond donors (Lipinski definition) is 2. The average molecular weight is 332 g/mol. The first-order chi connectivity index (χ1) is 11.6. The fraction of sp³-hybridized carbons (Fsp3) is 0.438. The Labute approximate surface area is 137 Å². The van der Waals surface area contributed by atoms with Crippen molar-refractivity contribution in [1.82, 2.24) is 10.2 Å². The molecule has 24 heavy (non-hydrogen) atoms. The first-order valence-electron chi connectivity index (χ1n) is 7.78. The van der Waals surface area contributed by atoms with Crippen LogP contribution in [0, 0.1) is 0 Å². The molecule has 4 rings (SSSR count). The van der Waals surface area contributed by atoms with Crippen molar-refractivity contribution >= 4 is 17.7 Å². The predicted octanol–water partition coefficient (Wildman–Crippen LogP) is -0.420. The van der Waals surface area contributed by atoms with E-state index in [1.807, 2.05) is 0 Å². The Hall–Kier alpha value is -2.61. The van der Waals surface area contributed by atoms with Gasteiger partial charge < -0.3 is 19.5 Å². The van der Waals surface area contributed by atoms with E-state index in [1.54, 1.807) is 12.1 Å². The highest BCUT2D eigenvalue weighted by Gasteiger charge is 2.40. The number of benzene rings is 1. The lowest BCUT2D eigenvalue weighted by Crippen LogP contribution is -2.52. The van der Waals surface area contributed by atoms with Gasteiger partial charge in [-0.25, -0.2) is 0 Å². The maximum Gasteiger partial charge on any atom is 0.255 e. The third-order valence-electron chi connectivity index (χ3n) is 4.51. The summed E-state index contributed by atoms with van der Waals surface area (Å²) in [7, 11) is 0. The number of aliphatic hydroxyl groups excluding tert-OH is 1. The first-order valence-corrected chi connectivity index (χ1v) is 7.78. The zero-order valence-corrected chi connectivity index (χ0v) is 12.8. The van der Waals surface area contributed by atoms with Crippen molar-refractivity contribution in [3.63, 3.8) is 0 Å². The fourth-order valence-corrected chi connectivity index (χ4v) is 3.26. The van der Waals surface area contributed by atoms with Gasteiger partial charge in [0.05, 0.1) is 6.61 Å². The molecule has 0 saturated carbocycles. The summed E-state index contributed by atoms with van der Waals surface area (Å²) in [6, 6.07) is 2.69. The Morgan fingerprint density at radius 3 is 2.83 bits per heavy atom. The number of amides is 3. The molecular weight excluding hydrogens is 316 g/mol. The molecule has 0 bridgehead atoms. The van der Waals surface area contributed by atoms with Gasteiger partial charge in [-0.15, -0.1) is 0 Å². The average Bonchev–Trinajstić information content (AvgIpc) is 2.88. The van der Waals surface area contributed by atoms with E-state index in [-0.39, 0.29) is 31.4 Å².